The molecule has 0 fully saturated rings. The monoisotopic (exact) mass is 421 g/mol. The van der Waals surface area contributed by atoms with Gasteiger partial charge in [0.05, 0.1) is 24.3 Å². The summed E-state index contributed by atoms with van der Waals surface area (Å²) >= 11 is 0. The van der Waals surface area contributed by atoms with E-state index >= 15 is 0 Å². The highest BCUT2D eigenvalue weighted by molar-refractivity contribution is 5.86. The Bertz CT molecular complexity index is 1180. The van der Waals surface area contributed by atoms with Crippen LogP contribution in [0, 0.1) is 17.0 Å². The van der Waals surface area contributed by atoms with Gasteiger partial charge in [-0.15, -0.1) is 0 Å². The molecule has 1 N–H and O–H groups in total. The number of hydrogen-bond donors (Lipinski definition) is 1. The molecule has 2 aromatic carbocycles. The number of quaternary nitrogens is 1. The van der Waals surface area contributed by atoms with Gasteiger partial charge in [-0.1, -0.05) is 11.6 Å². The second kappa shape index (κ2) is 7.57. The first-order valence-electron chi connectivity index (χ1n) is 11.0. The summed E-state index contributed by atoms with van der Waals surface area (Å²) in [5.74, 6) is -0.607. The van der Waals surface area contributed by atoms with E-state index in [0.717, 1.165) is 44.3 Å². The predicted octanol–water partition coefficient (Wildman–Crippen LogP) is 2.81. The molecule has 1 aliphatic heterocycles. The molecule has 0 saturated carbocycles. The van der Waals surface area contributed by atoms with Crippen LogP contribution in [0.5, 0.6) is 11.5 Å². The standard InChI is InChI=1S/C24H27N3O4/c1-15-7-8-19-18(11-15)17-5-3-6-20-23(17)26(19)10-4-9-25(20)14-16-12-21(27(29)30)24(28)22(13-16)31-2/h7-8,11-13,20,28H,3-6,9-10,14H2,1-2H3/t20-/m0/s1. The van der Waals surface area contributed by atoms with Crippen LogP contribution in [0.2, 0.25) is 0 Å². The van der Waals surface area contributed by atoms with Crippen molar-refractivity contribution in [3.05, 3.63) is 62.8 Å². The number of fused-ring (bicyclic) bond motifs is 3. The molecule has 0 spiro atoms. The van der Waals surface area contributed by atoms with Crippen LogP contribution >= 0.6 is 0 Å². The molecule has 0 saturated heterocycles. The van der Waals surface area contributed by atoms with E-state index < -0.39 is 16.4 Å². The number of rotatable bonds is 4. The summed E-state index contributed by atoms with van der Waals surface area (Å²) in [7, 11) is 1.39. The number of benzene rings is 2. The summed E-state index contributed by atoms with van der Waals surface area (Å²) in [6, 6.07) is 10.2. The fraction of sp³-hybridized carbons (Fsp3) is 0.417. The van der Waals surface area contributed by atoms with Crippen molar-refractivity contribution in [3.63, 3.8) is 0 Å². The second-order valence-corrected chi connectivity index (χ2v) is 8.82. The minimum Gasteiger partial charge on any atom is -0.865 e. The number of nitro benzene ring substituents is 1. The summed E-state index contributed by atoms with van der Waals surface area (Å²) in [4.78, 5) is 12.2. The van der Waals surface area contributed by atoms with Crippen molar-refractivity contribution in [2.75, 3.05) is 13.7 Å². The van der Waals surface area contributed by atoms with E-state index in [1.165, 1.54) is 45.8 Å². The Morgan fingerprint density at radius 2 is 2.10 bits per heavy atom. The van der Waals surface area contributed by atoms with E-state index in [2.05, 4.69) is 29.7 Å². The summed E-state index contributed by atoms with van der Waals surface area (Å²) < 4.78 is 7.67. The molecule has 1 aliphatic carbocycles. The maximum atomic E-state index is 12.2. The van der Waals surface area contributed by atoms with Gasteiger partial charge < -0.3 is 19.3 Å². The Labute approximate surface area is 181 Å². The zero-order valence-corrected chi connectivity index (χ0v) is 17.9. The molecule has 1 aromatic heterocycles. The molecule has 2 heterocycles. The fourth-order valence-electron chi connectivity index (χ4n) is 5.62. The van der Waals surface area contributed by atoms with Crippen LogP contribution in [0.1, 0.15) is 47.7 Å². The molecule has 1 unspecified atom stereocenters. The van der Waals surface area contributed by atoms with Gasteiger partial charge in [-0.2, -0.15) is 0 Å². The first-order chi connectivity index (χ1) is 15.0. The number of nitrogens with zero attached hydrogens (tertiary/aromatic N) is 2. The molecule has 31 heavy (non-hydrogen) atoms. The van der Waals surface area contributed by atoms with Crippen LogP contribution in [0.15, 0.2) is 30.3 Å². The van der Waals surface area contributed by atoms with Gasteiger partial charge in [0.25, 0.3) is 5.69 Å². The minimum absolute atomic E-state index is 0.0485. The number of ether oxygens (including phenoxy) is 1. The zero-order valence-electron chi connectivity index (χ0n) is 17.9. The topological polar surface area (TPSA) is 84.8 Å². The van der Waals surface area contributed by atoms with Crippen LogP contribution in [-0.4, -0.2) is 23.1 Å². The Kier molecular flexibility index (Phi) is 4.85. The lowest BCUT2D eigenvalue weighted by Gasteiger charge is -2.31. The quantitative estimate of drug-likeness (QED) is 0.519. The van der Waals surface area contributed by atoms with Crippen molar-refractivity contribution in [1.82, 2.24) is 4.57 Å². The first-order valence-corrected chi connectivity index (χ1v) is 11.0. The third-order valence-electron chi connectivity index (χ3n) is 6.93. The molecular weight excluding hydrogens is 394 g/mol. The van der Waals surface area contributed by atoms with Crippen molar-refractivity contribution < 1.29 is 19.7 Å². The van der Waals surface area contributed by atoms with E-state index in [-0.39, 0.29) is 5.75 Å². The van der Waals surface area contributed by atoms with Crippen molar-refractivity contribution in [1.29, 1.82) is 0 Å². The molecule has 162 valence electrons. The van der Waals surface area contributed by atoms with Crippen LogP contribution in [0.4, 0.5) is 5.69 Å². The van der Waals surface area contributed by atoms with Crippen LogP contribution in [0.3, 0.4) is 0 Å². The zero-order chi connectivity index (χ0) is 21.7. The highest BCUT2D eigenvalue weighted by Gasteiger charge is 2.36. The fourth-order valence-corrected chi connectivity index (χ4v) is 5.62. The largest absolute Gasteiger partial charge is 0.865 e. The summed E-state index contributed by atoms with van der Waals surface area (Å²) in [5, 5.41) is 25.0. The average Bonchev–Trinajstić information content (AvgIpc) is 2.94. The van der Waals surface area contributed by atoms with Gasteiger partial charge >= 0.3 is 0 Å². The van der Waals surface area contributed by atoms with E-state index in [9.17, 15) is 15.2 Å². The maximum absolute atomic E-state index is 12.2. The smallest absolute Gasteiger partial charge is 0.265 e. The number of nitro groups is 1. The molecule has 0 bridgehead atoms. The van der Waals surface area contributed by atoms with Crippen molar-refractivity contribution in [2.24, 2.45) is 0 Å². The number of aromatic nitrogens is 1. The van der Waals surface area contributed by atoms with Crippen LogP contribution in [0.25, 0.3) is 10.9 Å². The van der Waals surface area contributed by atoms with Crippen molar-refractivity contribution in [3.8, 4) is 11.5 Å². The Hall–Kier alpha value is -3.06. The Balaban J connectivity index is 1.57. The van der Waals surface area contributed by atoms with E-state index in [4.69, 9.17) is 4.74 Å². The summed E-state index contributed by atoms with van der Waals surface area (Å²) in [6.45, 7) is 4.78. The highest BCUT2D eigenvalue weighted by atomic mass is 16.6. The van der Waals surface area contributed by atoms with Crippen molar-refractivity contribution in [2.45, 2.75) is 51.7 Å². The van der Waals surface area contributed by atoms with Gasteiger partial charge in [0, 0.05) is 47.7 Å². The predicted molar refractivity (Wildman–Crippen MR) is 116 cm³/mol. The summed E-state index contributed by atoms with van der Waals surface area (Å²) in [6.07, 6.45) is 4.42. The lowest BCUT2D eigenvalue weighted by Crippen LogP contribution is -3.11. The van der Waals surface area contributed by atoms with Gasteiger partial charge in [0.2, 0.25) is 0 Å². The molecule has 7 heteroatoms. The number of hydrogen-bond acceptors (Lipinski definition) is 4. The Morgan fingerprint density at radius 1 is 1.26 bits per heavy atom. The lowest BCUT2D eigenvalue weighted by atomic mass is 9.90. The van der Waals surface area contributed by atoms with E-state index in [1.54, 1.807) is 6.07 Å². The average molecular weight is 421 g/mol. The molecule has 2 aliphatic rings. The molecular formula is C24H27N3O4. The second-order valence-electron chi connectivity index (χ2n) is 8.82. The van der Waals surface area contributed by atoms with Gasteiger partial charge in [-0.25, -0.2) is 0 Å². The molecule has 2 atom stereocenters. The first kappa shape index (κ1) is 19.9. The van der Waals surface area contributed by atoms with E-state index in [1.807, 2.05) is 0 Å². The molecule has 3 aromatic rings. The molecule has 0 radical (unpaired) electrons. The number of aryl methyl sites for hydroxylation is 3. The van der Waals surface area contributed by atoms with Gasteiger partial charge in [0.1, 0.15) is 18.3 Å². The molecule has 5 rings (SSSR count). The highest BCUT2D eigenvalue weighted by Crippen LogP contribution is 2.38. The lowest BCUT2D eigenvalue weighted by molar-refractivity contribution is -0.945. The van der Waals surface area contributed by atoms with Crippen LogP contribution < -0.4 is 14.7 Å². The molecule has 7 nitrogen and oxygen atoms in total. The normalized spacial score (nSPS) is 20.3. The minimum atomic E-state index is -0.655. The van der Waals surface area contributed by atoms with E-state index in [0.29, 0.717) is 12.6 Å². The third kappa shape index (κ3) is 3.24. The maximum Gasteiger partial charge on any atom is 0.265 e. The SMILES string of the molecule is COc1cc(C[NH+]2CCCn3c4c(c5cc(C)ccc53)CCC[C@@H]42)cc([N+](=O)[O-])c1[O-]. The van der Waals surface area contributed by atoms with Gasteiger partial charge in [-0.3, -0.25) is 10.1 Å². The van der Waals surface area contributed by atoms with Crippen LogP contribution in [-0.2, 0) is 19.5 Å². The number of nitrogens with one attached hydrogen (secondary N) is 1. The van der Waals surface area contributed by atoms with Crippen molar-refractivity contribution >= 4 is 16.6 Å². The Morgan fingerprint density at radius 3 is 2.87 bits per heavy atom. The van der Waals surface area contributed by atoms with Gasteiger partial charge in [0.15, 0.2) is 0 Å². The van der Waals surface area contributed by atoms with Gasteiger partial charge in [-0.05, 0) is 43.5 Å². The molecule has 0 amide bonds. The number of methoxy groups -OCH3 is 1. The third-order valence-corrected chi connectivity index (χ3v) is 6.93. The summed E-state index contributed by atoms with van der Waals surface area (Å²) in [5.41, 5.74) is 5.92.